The Morgan fingerprint density at radius 1 is 0.414 bits per heavy atom. The number of anilines is 3. The maximum absolute atomic E-state index is 2.59. The maximum Gasteiger partial charge on any atom is 0.0640 e. The van der Waals surface area contributed by atoms with E-state index in [0.717, 1.165) is 0 Å². The van der Waals surface area contributed by atoms with Crippen LogP contribution >= 0.6 is 11.3 Å². The van der Waals surface area contributed by atoms with Crippen molar-refractivity contribution in [2.75, 3.05) is 4.90 Å². The number of hydrogen-bond acceptors (Lipinski definition) is 2. The molecule has 0 saturated heterocycles. The minimum Gasteiger partial charge on any atom is -0.308 e. The fourth-order valence-electron chi connectivity index (χ4n) is 10.5. The number of benzene rings is 9. The highest BCUT2D eigenvalue weighted by molar-refractivity contribution is 7.26. The van der Waals surface area contributed by atoms with Gasteiger partial charge in [0.15, 0.2) is 0 Å². The SMILES string of the molecule is CC1(C)c2ccccc2-c2ccc(N(c3ccc4cccc5c4c3-c3ccc(-c4ccc6ccccc6c4)cc3C5(C)C)c3cccc4c3sc3ccccc34)cc21. The lowest BCUT2D eigenvalue weighted by molar-refractivity contribution is 0.645. The summed E-state index contributed by atoms with van der Waals surface area (Å²) >= 11 is 1.90. The Morgan fingerprint density at radius 2 is 1.05 bits per heavy atom. The van der Waals surface area contributed by atoms with Gasteiger partial charge in [0.2, 0.25) is 0 Å². The second-order valence-corrected chi connectivity index (χ2v) is 18.4. The van der Waals surface area contributed by atoms with Crippen LogP contribution in [0.2, 0.25) is 0 Å². The van der Waals surface area contributed by atoms with Crippen molar-refractivity contribution in [3.05, 3.63) is 198 Å². The van der Waals surface area contributed by atoms with Crippen LogP contribution in [-0.4, -0.2) is 0 Å². The first-order chi connectivity index (χ1) is 28.3. The standard InChI is InChI=1S/C56H41NS/c1-55(2)45-19-9-7-16-40(45)41-29-27-39(33-48(41)55)57(50-21-12-18-43-42-17-8-10-22-51(42)58-54(43)50)49-30-26-35-15-11-20-46-52(35)53(49)44-28-25-38(32-47(44)56(46,3)4)37-24-23-34-13-5-6-14-36(34)31-37/h5-33H,1-4H3. The van der Waals surface area contributed by atoms with E-state index in [1.54, 1.807) is 0 Å². The Hall–Kier alpha value is -6.48. The Kier molecular flexibility index (Phi) is 6.97. The number of rotatable bonds is 4. The van der Waals surface area contributed by atoms with Crippen LogP contribution < -0.4 is 4.90 Å². The van der Waals surface area contributed by atoms with Gasteiger partial charge >= 0.3 is 0 Å². The van der Waals surface area contributed by atoms with Gasteiger partial charge in [-0.15, -0.1) is 11.3 Å². The van der Waals surface area contributed by atoms with Crippen LogP contribution in [0.15, 0.2) is 176 Å². The largest absolute Gasteiger partial charge is 0.308 e. The molecule has 2 aliphatic carbocycles. The van der Waals surface area contributed by atoms with Crippen molar-refractivity contribution in [1.82, 2.24) is 0 Å². The van der Waals surface area contributed by atoms with Crippen LogP contribution in [0.25, 0.3) is 75.1 Å². The van der Waals surface area contributed by atoms with Crippen LogP contribution in [0, 0.1) is 0 Å². The van der Waals surface area contributed by atoms with Crippen molar-refractivity contribution < 1.29 is 0 Å². The molecule has 0 bridgehead atoms. The average Bonchev–Trinajstić information content (AvgIpc) is 3.75. The number of nitrogens with zero attached hydrogens (tertiary/aromatic N) is 1. The third-order valence-corrected chi connectivity index (χ3v) is 14.6. The van der Waals surface area contributed by atoms with Crippen LogP contribution in [0.1, 0.15) is 49.9 Å². The molecule has 2 heteroatoms. The van der Waals surface area contributed by atoms with Crippen LogP contribution in [-0.2, 0) is 10.8 Å². The van der Waals surface area contributed by atoms with Gasteiger partial charge in [-0.3, -0.25) is 0 Å². The fraction of sp³-hybridized carbons (Fsp3) is 0.107. The summed E-state index contributed by atoms with van der Waals surface area (Å²) in [4.78, 5) is 2.59. The maximum atomic E-state index is 2.59. The first kappa shape index (κ1) is 33.6. The van der Waals surface area contributed by atoms with Crippen molar-refractivity contribution >= 4 is 70.1 Å². The number of hydrogen-bond donors (Lipinski definition) is 0. The van der Waals surface area contributed by atoms with Crippen LogP contribution in [0.3, 0.4) is 0 Å². The lowest BCUT2D eigenvalue weighted by atomic mass is 9.67. The molecule has 276 valence electrons. The molecule has 58 heavy (non-hydrogen) atoms. The van der Waals surface area contributed by atoms with Gasteiger partial charge in [-0.05, 0) is 114 Å². The Labute approximate surface area is 343 Å². The number of thiophene rings is 1. The summed E-state index contributed by atoms with van der Waals surface area (Å²) in [5.74, 6) is 0. The Morgan fingerprint density at radius 3 is 1.97 bits per heavy atom. The van der Waals surface area contributed by atoms with Gasteiger partial charge in [0.1, 0.15) is 0 Å². The molecule has 10 aromatic rings. The summed E-state index contributed by atoms with van der Waals surface area (Å²) in [6.45, 7) is 9.60. The van der Waals surface area contributed by atoms with Crippen molar-refractivity contribution in [2.45, 2.75) is 38.5 Å². The molecule has 0 saturated carbocycles. The van der Waals surface area contributed by atoms with E-state index in [1.165, 1.54) is 114 Å². The van der Waals surface area contributed by atoms with E-state index in [0.29, 0.717) is 0 Å². The van der Waals surface area contributed by atoms with Gasteiger partial charge in [0.05, 0.1) is 16.1 Å². The van der Waals surface area contributed by atoms with Gasteiger partial charge < -0.3 is 4.90 Å². The van der Waals surface area contributed by atoms with Gasteiger partial charge in [0.25, 0.3) is 0 Å². The molecule has 0 spiro atoms. The third-order valence-electron chi connectivity index (χ3n) is 13.4. The summed E-state index contributed by atoms with van der Waals surface area (Å²) in [6, 6.07) is 66.4. The second-order valence-electron chi connectivity index (χ2n) is 17.3. The van der Waals surface area contributed by atoms with Gasteiger partial charge in [-0.1, -0.05) is 161 Å². The molecule has 12 rings (SSSR count). The van der Waals surface area contributed by atoms with Crippen molar-refractivity contribution in [3.8, 4) is 33.4 Å². The summed E-state index contributed by atoms with van der Waals surface area (Å²) < 4.78 is 2.61. The lowest BCUT2D eigenvalue weighted by Gasteiger charge is -2.38. The van der Waals surface area contributed by atoms with E-state index >= 15 is 0 Å². The van der Waals surface area contributed by atoms with E-state index in [-0.39, 0.29) is 10.8 Å². The Bertz CT molecular complexity index is 3360. The van der Waals surface area contributed by atoms with Gasteiger partial charge in [0, 0.05) is 37.6 Å². The quantitative estimate of drug-likeness (QED) is 0.173. The van der Waals surface area contributed by atoms with E-state index in [4.69, 9.17) is 0 Å². The molecular formula is C56H41NS. The molecule has 1 heterocycles. The molecule has 1 nitrogen and oxygen atoms in total. The molecule has 1 aromatic heterocycles. The number of fused-ring (bicyclic) bond motifs is 9. The summed E-state index contributed by atoms with van der Waals surface area (Å²) in [5.41, 5.74) is 16.5. The minimum absolute atomic E-state index is 0.127. The highest BCUT2D eigenvalue weighted by Crippen LogP contribution is 2.57. The van der Waals surface area contributed by atoms with Crippen LogP contribution in [0.5, 0.6) is 0 Å². The molecule has 9 aromatic carbocycles. The molecule has 0 fully saturated rings. The van der Waals surface area contributed by atoms with E-state index in [2.05, 4.69) is 209 Å². The predicted octanol–water partition coefficient (Wildman–Crippen LogP) is 16.1. The van der Waals surface area contributed by atoms with Crippen LogP contribution in [0.4, 0.5) is 17.1 Å². The van der Waals surface area contributed by atoms with Crippen molar-refractivity contribution in [2.24, 2.45) is 0 Å². The monoisotopic (exact) mass is 759 g/mol. The molecular weight excluding hydrogens is 719 g/mol. The highest BCUT2D eigenvalue weighted by Gasteiger charge is 2.38. The first-order valence-corrected chi connectivity index (χ1v) is 21.2. The lowest BCUT2D eigenvalue weighted by Crippen LogP contribution is -2.25. The van der Waals surface area contributed by atoms with E-state index < -0.39 is 0 Å². The van der Waals surface area contributed by atoms with Crippen molar-refractivity contribution in [1.29, 1.82) is 0 Å². The highest BCUT2D eigenvalue weighted by atomic mass is 32.1. The van der Waals surface area contributed by atoms with Gasteiger partial charge in [-0.25, -0.2) is 0 Å². The summed E-state index contributed by atoms with van der Waals surface area (Å²) in [7, 11) is 0. The zero-order chi connectivity index (χ0) is 38.9. The smallest absolute Gasteiger partial charge is 0.0640 e. The summed E-state index contributed by atoms with van der Waals surface area (Å²) in [6.07, 6.45) is 0. The zero-order valence-corrected chi connectivity index (χ0v) is 33.9. The Balaban J connectivity index is 1.15. The topological polar surface area (TPSA) is 3.24 Å². The normalized spacial score (nSPS) is 14.5. The zero-order valence-electron chi connectivity index (χ0n) is 33.1. The molecule has 0 radical (unpaired) electrons. The van der Waals surface area contributed by atoms with E-state index in [9.17, 15) is 0 Å². The molecule has 0 amide bonds. The first-order valence-electron chi connectivity index (χ1n) is 20.4. The molecule has 0 N–H and O–H groups in total. The minimum atomic E-state index is -0.215. The summed E-state index contributed by atoms with van der Waals surface area (Å²) in [5, 5.41) is 7.76. The predicted molar refractivity (Wildman–Crippen MR) is 250 cm³/mol. The molecule has 0 aliphatic heterocycles. The molecule has 2 aliphatic rings. The third kappa shape index (κ3) is 4.64. The second kappa shape index (κ2) is 12.0. The van der Waals surface area contributed by atoms with E-state index in [1.807, 2.05) is 11.3 Å². The average molecular weight is 760 g/mol. The molecule has 0 atom stereocenters. The van der Waals surface area contributed by atoms with Crippen molar-refractivity contribution in [3.63, 3.8) is 0 Å². The molecule has 0 unspecified atom stereocenters. The fourth-order valence-corrected chi connectivity index (χ4v) is 11.7. The van der Waals surface area contributed by atoms with Gasteiger partial charge in [-0.2, -0.15) is 0 Å².